The molecule has 1 aromatic heterocycles. The number of amides is 3. The van der Waals surface area contributed by atoms with E-state index in [0.717, 1.165) is 5.56 Å². The van der Waals surface area contributed by atoms with Gasteiger partial charge in [-0.25, -0.2) is 4.39 Å². The van der Waals surface area contributed by atoms with Gasteiger partial charge in [0, 0.05) is 13.1 Å². The van der Waals surface area contributed by atoms with Crippen LogP contribution >= 0.6 is 11.3 Å². The van der Waals surface area contributed by atoms with Crippen LogP contribution in [0.1, 0.15) is 29.1 Å². The predicted octanol–water partition coefficient (Wildman–Crippen LogP) is 2.17. The number of halogens is 1. The van der Waals surface area contributed by atoms with Crippen molar-refractivity contribution in [3.05, 3.63) is 58.0 Å². The lowest BCUT2D eigenvalue weighted by Crippen LogP contribution is -2.49. The number of carbonyl (C=O) groups is 3. The van der Waals surface area contributed by atoms with Gasteiger partial charge in [0.1, 0.15) is 11.9 Å². The minimum absolute atomic E-state index is 0.115. The van der Waals surface area contributed by atoms with Crippen LogP contribution in [0.15, 0.2) is 41.8 Å². The zero-order chi connectivity index (χ0) is 19.8. The quantitative estimate of drug-likeness (QED) is 0.724. The van der Waals surface area contributed by atoms with Crippen molar-refractivity contribution < 1.29 is 18.8 Å². The van der Waals surface area contributed by atoms with Crippen molar-refractivity contribution >= 4 is 29.1 Å². The van der Waals surface area contributed by atoms with Crippen molar-refractivity contribution in [1.82, 2.24) is 15.5 Å². The lowest BCUT2D eigenvalue weighted by molar-refractivity contribution is -0.137. The standard InChI is InChI=1S/C19H22FN3O3S/c1-3-23(12-17(24)21-11-14-6-8-15(20)9-7-14)19(26)13(2)22-18(25)16-5-4-10-27-16/h4-10,13H,3,11-12H2,1-2H3,(H,21,24)(H,22,25). The average molecular weight is 391 g/mol. The fourth-order valence-electron chi connectivity index (χ4n) is 2.39. The Labute approximate surface area is 161 Å². The maximum Gasteiger partial charge on any atom is 0.261 e. The number of rotatable bonds is 8. The van der Waals surface area contributed by atoms with E-state index in [1.54, 1.807) is 43.5 Å². The van der Waals surface area contributed by atoms with Crippen molar-refractivity contribution in [2.24, 2.45) is 0 Å². The van der Waals surface area contributed by atoms with E-state index in [0.29, 0.717) is 11.4 Å². The summed E-state index contributed by atoms with van der Waals surface area (Å²) in [7, 11) is 0. The molecule has 0 radical (unpaired) electrons. The third-order valence-electron chi connectivity index (χ3n) is 3.89. The number of nitrogens with one attached hydrogen (secondary N) is 2. The van der Waals surface area contributed by atoms with Gasteiger partial charge >= 0.3 is 0 Å². The molecule has 1 aromatic carbocycles. The van der Waals surface area contributed by atoms with Gasteiger partial charge in [-0.15, -0.1) is 11.3 Å². The highest BCUT2D eigenvalue weighted by atomic mass is 32.1. The maximum atomic E-state index is 12.9. The Morgan fingerprint density at radius 1 is 1.19 bits per heavy atom. The van der Waals surface area contributed by atoms with Crippen molar-refractivity contribution in [2.75, 3.05) is 13.1 Å². The van der Waals surface area contributed by atoms with Crippen molar-refractivity contribution in [2.45, 2.75) is 26.4 Å². The Kier molecular flexibility index (Phi) is 7.48. The molecule has 6 nitrogen and oxygen atoms in total. The first-order valence-electron chi connectivity index (χ1n) is 8.55. The molecular formula is C19H22FN3O3S. The number of likely N-dealkylation sites (N-methyl/N-ethyl adjacent to an activating group) is 1. The molecular weight excluding hydrogens is 369 g/mol. The van der Waals surface area contributed by atoms with Crippen LogP contribution < -0.4 is 10.6 Å². The molecule has 0 aliphatic heterocycles. The van der Waals surface area contributed by atoms with Gasteiger partial charge in [0.05, 0.1) is 11.4 Å². The minimum atomic E-state index is -0.746. The van der Waals surface area contributed by atoms with Crippen LogP contribution in [0.4, 0.5) is 4.39 Å². The molecule has 0 fully saturated rings. The van der Waals surface area contributed by atoms with Crippen molar-refractivity contribution in [1.29, 1.82) is 0 Å². The van der Waals surface area contributed by atoms with E-state index in [1.165, 1.54) is 28.4 Å². The molecule has 27 heavy (non-hydrogen) atoms. The van der Waals surface area contributed by atoms with E-state index in [1.807, 2.05) is 0 Å². The number of thiophene rings is 1. The average Bonchev–Trinajstić information content (AvgIpc) is 3.20. The molecule has 0 aliphatic carbocycles. The molecule has 8 heteroatoms. The monoisotopic (exact) mass is 391 g/mol. The van der Waals surface area contributed by atoms with Crippen LogP contribution in [0.5, 0.6) is 0 Å². The topological polar surface area (TPSA) is 78.5 Å². The second-order valence-corrected chi connectivity index (χ2v) is 6.88. The van der Waals surface area contributed by atoms with Crippen LogP contribution in [-0.2, 0) is 16.1 Å². The highest BCUT2D eigenvalue weighted by Gasteiger charge is 2.23. The summed E-state index contributed by atoms with van der Waals surface area (Å²) in [4.78, 5) is 38.6. The summed E-state index contributed by atoms with van der Waals surface area (Å²) in [5.74, 6) is -1.32. The second kappa shape index (κ2) is 9.82. The Balaban J connectivity index is 1.84. The number of hydrogen-bond acceptors (Lipinski definition) is 4. The molecule has 0 saturated heterocycles. The van der Waals surface area contributed by atoms with Crippen LogP contribution in [0, 0.1) is 5.82 Å². The first-order chi connectivity index (χ1) is 12.9. The fraction of sp³-hybridized carbons (Fsp3) is 0.316. The molecule has 2 N–H and O–H groups in total. The first kappa shape index (κ1) is 20.6. The van der Waals surface area contributed by atoms with Crippen molar-refractivity contribution in [3.8, 4) is 0 Å². The van der Waals surface area contributed by atoms with Gasteiger partial charge in [-0.2, -0.15) is 0 Å². The summed E-state index contributed by atoms with van der Waals surface area (Å²) in [6, 6.07) is 8.50. The van der Waals surface area contributed by atoms with Crippen LogP contribution in [0.25, 0.3) is 0 Å². The molecule has 0 aliphatic rings. The third kappa shape index (κ3) is 6.18. The smallest absolute Gasteiger partial charge is 0.261 e. The molecule has 2 aromatic rings. The molecule has 0 spiro atoms. The molecule has 0 saturated carbocycles. The van der Waals surface area contributed by atoms with E-state index in [4.69, 9.17) is 0 Å². The molecule has 0 bridgehead atoms. The molecule has 1 atom stereocenters. The van der Waals surface area contributed by atoms with Gasteiger partial charge < -0.3 is 15.5 Å². The van der Waals surface area contributed by atoms with E-state index in [-0.39, 0.29) is 36.6 Å². The van der Waals surface area contributed by atoms with Crippen LogP contribution in [0.2, 0.25) is 0 Å². The van der Waals surface area contributed by atoms with Gasteiger partial charge in [0.15, 0.2) is 0 Å². The fourth-order valence-corrected chi connectivity index (χ4v) is 3.02. The van der Waals surface area contributed by atoms with Crippen LogP contribution in [-0.4, -0.2) is 41.8 Å². The SMILES string of the molecule is CCN(CC(=O)NCc1ccc(F)cc1)C(=O)C(C)NC(=O)c1cccs1. The molecule has 1 unspecified atom stereocenters. The summed E-state index contributed by atoms with van der Waals surface area (Å²) in [6.45, 7) is 3.82. The second-order valence-electron chi connectivity index (χ2n) is 5.93. The van der Waals surface area contributed by atoms with Gasteiger partial charge in [-0.3, -0.25) is 14.4 Å². The van der Waals surface area contributed by atoms with Gasteiger partial charge in [0.2, 0.25) is 11.8 Å². The lowest BCUT2D eigenvalue weighted by Gasteiger charge is -2.24. The summed E-state index contributed by atoms with van der Waals surface area (Å²) < 4.78 is 12.9. The van der Waals surface area contributed by atoms with Crippen molar-refractivity contribution in [3.63, 3.8) is 0 Å². The normalized spacial score (nSPS) is 11.5. The Morgan fingerprint density at radius 3 is 2.48 bits per heavy atom. The Morgan fingerprint density at radius 2 is 1.89 bits per heavy atom. The van der Waals surface area contributed by atoms with Gasteiger partial charge in [-0.05, 0) is 43.0 Å². The summed E-state index contributed by atoms with van der Waals surface area (Å²) in [5.41, 5.74) is 0.760. The zero-order valence-corrected chi connectivity index (χ0v) is 16.0. The number of hydrogen-bond donors (Lipinski definition) is 2. The van der Waals surface area contributed by atoms with E-state index in [2.05, 4.69) is 10.6 Å². The van der Waals surface area contributed by atoms with E-state index >= 15 is 0 Å². The number of benzene rings is 1. The first-order valence-corrected chi connectivity index (χ1v) is 9.43. The summed E-state index contributed by atoms with van der Waals surface area (Å²) in [5, 5.41) is 7.13. The Bertz CT molecular complexity index is 778. The largest absolute Gasteiger partial charge is 0.350 e. The summed E-state index contributed by atoms with van der Waals surface area (Å²) in [6.07, 6.45) is 0. The zero-order valence-electron chi connectivity index (χ0n) is 15.2. The predicted molar refractivity (Wildman–Crippen MR) is 102 cm³/mol. The molecule has 1 heterocycles. The highest BCUT2D eigenvalue weighted by Crippen LogP contribution is 2.08. The number of carbonyl (C=O) groups excluding carboxylic acids is 3. The molecule has 2 rings (SSSR count). The minimum Gasteiger partial charge on any atom is -0.350 e. The lowest BCUT2D eigenvalue weighted by atomic mass is 10.2. The van der Waals surface area contributed by atoms with E-state index < -0.39 is 6.04 Å². The molecule has 3 amide bonds. The molecule has 144 valence electrons. The Hall–Kier alpha value is -2.74. The summed E-state index contributed by atoms with van der Waals surface area (Å²) >= 11 is 1.29. The number of nitrogens with zero attached hydrogens (tertiary/aromatic N) is 1. The van der Waals surface area contributed by atoms with Gasteiger partial charge in [0.25, 0.3) is 5.91 Å². The van der Waals surface area contributed by atoms with E-state index in [9.17, 15) is 18.8 Å². The third-order valence-corrected chi connectivity index (χ3v) is 4.76. The highest BCUT2D eigenvalue weighted by molar-refractivity contribution is 7.12. The van der Waals surface area contributed by atoms with Crippen LogP contribution in [0.3, 0.4) is 0 Å². The van der Waals surface area contributed by atoms with Gasteiger partial charge in [-0.1, -0.05) is 18.2 Å². The maximum absolute atomic E-state index is 12.9.